The van der Waals surface area contributed by atoms with Crippen LogP contribution in [0.25, 0.3) is 21.5 Å². The van der Waals surface area contributed by atoms with Crippen molar-refractivity contribution in [3.63, 3.8) is 0 Å². The van der Waals surface area contributed by atoms with Crippen LogP contribution in [0.2, 0.25) is 0 Å². The predicted molar refractivity (Wildman–Crippen MR) is 97.1 cm³/mol. The largest absolute Gasteiger partial charge is 0.168 e. The Morgan fingerprint density at radius 3 is 2.00 bits per heavy atom. The van der Waals surface area contributed by atoms with Crippen molar-refractivity contribution in [3.05, 3.63) is 83.9 Å². The van der Waals surface area contributed by atoms with Crippen molar-refractivity contribution in [3.8, 4) is 0 Å². The SMILES string of the molecule is Cc1[cH-]c2ccccc2c1C.[Br-].[Br-].[SiH2]=[Zr+2].c1ccc2[cH-]ccc2c1. The third-order valence-corrected chi connectivity index (χ3v) is 3.88. The van der Waals surface area contributed by atoms with E-state index in [1.165, 1.54) is 32.7 Å². The van der Waals surface area contributed by atoms with Gasteiger partial charge in [0.2, 0.25) is 0 Å². The molecule has 0 heterocycles. The predicted octanol–water partition coefficient (Wildman–Crippen LogP) is -1.18. The van der Waals surface area contributed by atoms with Gasteiger partial charge in [0.05, 0.1) is 0 Å². The molecule has 0 N–H and O–H groups in total. The molecule has 4 aromatic carbocycles. The fourth-order valence-corrected chi connectivity index (χ4v) is 2.59. The van der Waals surface area contributed by atoms with Crippen molar-refractivity contribution in [1.82, 2.24) is 0 Å². The maximum absolute atomic E-state index is 2.24. The number of fused-ring (bicyclic) bond motifs is 2. The molecule has 0 fully saturated rings. The van der Waals surface area contributed by atoms with E-state index in [0.29, 0.717) is 0 Å². The first kappa shape index (κ1) is 23.7. The van der Waals surface area contributed by atoms with E-state index in [1.54, 1.807) is 23.3 Å². The van der Waals surface area contributed by atoms with Gasteiger partial charge in [-0.2, -0.15) is 23.1 Å². The van der Waals surface area contributed by atoms with Crippen LogP contribution in [0.4, 0.5) is 0 Å². The normalized spacial score (nSPS) is 9.00. The Labute approximate surface area is 182 Å². The van der Waals surface area contributed by atoms with Crippen molar-refractivity contribution in [1.29, 1.82) is 0 Å². The number of aryl methyl sites for hydroxylation is 2. The molecule has 0 nitrogen and oxygen atoms in total. The fourth-order valence-electron chi connectivity index (χ4n) is 2.59. The van der Waals surface area contributed by atoms with E-state index in [0.717, 1.165) is 0 Å². The topological polar surface area (TPSA) is 0 Å². The second-order valence-electron chi connectivity index (χ2n) is 5.19. The number of hydrogen-bond donors (Lipinski definition) is 0. The van der Waals surface area contributed by atoms with E-state index in [2.05, 4.69) is 86.6 Å². The zero-order valence-corrected chi connectivity index (χ0v) is 20.9. The molecule has 0 amide bonds. The van der Waals surface area contributed by atoms with E-state index in [1.807, 2.05) is 6.88 Å². The van der Waals surface area contributed by atoms with Crippen LogP contribution in [0.15, 0.2) is 72.8 Å². The number of benzene rings is 2. The molecule has 0 unspecified atom stereocenters. The minimum atomic E-state index is 0. The number of hydrogen-bond acceptors (Lipinski definition) is 0. The molecule has 0 saturated carbocycles. The van der Waals surface area contributed by atoms with E-state index in [4.69, 9.17) is 0 Å². The molecular weight excluding hydrogens is 519 g/mol. The second-order valence-corrected chi connectivity index (χ2v) is 5.19. The molecule has 4 aromatic rings. The number of halogens is 2. The Hall–Kier alpha value is -0.280. The maximum atomic E-state index is 2.24. The summed E-state index contributed by atoms with van der Waals surface area (Å²) in [6.07, 6.45) is 0. The third kappa shape index (κ3) is 5.91. The molecule has 4 heteroatoms. The Kier molecular flexibility index (Phi) is 12.0. The fraction of sp³-hybridized carbons (Fsp3) is 0.100. The molecular formula is C20H20Br2SiZr-2. The summed E-state index contributed by atoms with van der Waals surface area (Å²) >= 11 is 1.58. The van der Waals surface area contributed by atoms with Crippen molar-refractivity contribution in [2.45, 2.75) is 13.8 Å². The van der Waals surface area contributed by atoms with Crippen LogP contribution in [-0.4, -0.2) is 6.88 Å². The third-order valence-electron chi connectivity index (χ3n) is 3.88. The van der Waals surface area contributed by atoms with Crippen LogP contribution in [-0.2, 0) is 23.3 Å². The van der Waals surface area contributed by atoms with Crippen LogP contribution in [0.5, 0.6) is 0 Å². The molecule has 0 saturated heterocycles. The quantitative estimate of drug-likeness (QED) is 0.195. The van der Waals surface area contributed by atoms with Crippen molar-refractivity contribution in [2.24, 2.45) is 0 Å². The monoisotopic (exact) mass is 536 g/mol. The summed E-state index contributed by atoms with van der Waals surface area (Å²) in [5.41, 5.74) is 2.81. The molecule has 0 bridgehead atoms. The van der Waals surface area contributed by atoms with Crippen LogP contribution < -0.4 is 34.0 Å². The second kappa shape index (κ2) is 12.1. The van der Waals surface area contributed by atoms with Gasteiger partial charge in [-0.05, 0) is 0 Å². The van der Waals surface area contributed by atoms with Crippen molar-refractivity contribution < 1.29 is 57.3 Å². The average Bonchev–Trinajstić information content (AvgIpc) is 3.16. The van der Waals surface area contributed by atoms with Gasteiger partial charge in [-0.1, -0.05) is 26.0 Å². The average molecular weight is 539 g/mol. The van der Waals surface area contributed by atoms with Gasteiger partial charge in [0.15, 0.2) is 0 Å². The maximum Gasteiger partial charge on any atom is -0.0809 e. The van der Waals surface area contributed by atoms with Gasteiger partial charge in [-0.15, -0.1) is 70.3 Å². The minimum Gasteiger partial charge on any atom is -0.168 e. The van der Waals surface area contributed by atoms with Gasteiger partial charge in [0, 0.05) is 0 Å². The van der Waals surface area contributed by atoms with Gasteiger partial charge < -0.3 is 34.0 Å². The first-order valence-corrected chi connectivity index (χ1v) is 13.3. The Balaban J connectivity index is 0.000000376. The molecule has 0 aliphatic carbocycles. The molecule has 0 radical (unpaired) electrons. The molecule has 0 spiro atoms. The Bertz CT molecular complexity index is 834. The summed E-state index contributed by atoms with van der Waals surface area (Å²) in [4.78, 5) is 0. The van der Waals surface area contributed by atoms with Crippen LogP contribution in [0, 0.1) is 13.8 Å². The van der Waals surface area contributed by atoms with Crippen LogP contribution in [0.1, 0.15) is 11.1 Å². The standard InChI is InChI=1S/C11H11.C9H7.2BrH.H2Si.Zr/c1-8-7-10-5-3-4-6-11(10)9(8)2;1-2-5-9-7-3-6-8(9)4-1;;;;/h3-7H,1-2H3;1-7H;2*1H;1H2;/q2*-1;;;;+2/p-2. The van der Waals surface area contributed by atoms with Gasteiger partial charge >= 0.3 is 30.2 Å². The molecule has 0 atom stereocenters. The number of rotatable bonds is 0. The summed E-state index contributed by atoms with van der Waals surface area (Å²) in [5, 5.41) is 5.42. The van der Waals surface area contributed by atoms with E-state index >= 15 is 0 Å². The van der Waals surface area contributed by atoms with E-state index < -0.39 is 0 Å². The van der Waals surface area contributed by atoms with Gasteiger partial charge in [0.1, 0.15) is 0 Å². The van der Waals surface area contributed by atoms with Gasteiger partial charge in [-0.3, -0.25) is 0 Å². The summed E-state index contributed by atoms with van der Waals surface area (Å²) in [7, 11) is 0. The smallest absolute Gasteiger partial charge is 0.0809 e. The molecule has 0 aliphatic rings. The summed E-state index contributed by atoms with van der Waals surface area (Å²) in [5.74, 6) is 0. The van der Waals surface area contributed by atoms with Crippen molar-refractivity contribution >= 4 is 28.4 Å². The van der Waals surface area contributed by atoms with E-state index in [-0.39, 0.29) is 34.0 Å². The Morgan fingerprint density at radius 2 is 1.38 bits per heavy atom. The molecule has 4 rings (SSSR count). The molecule has 0 aliphatic heterocycles. The molecule has 0 aromatic heterocycles. The Morgan fingerprint density at radius 1 is 0.792 bits per heavy atom. The zero-order valence-electron chi connectivity index (χ0n) is 13.9. The summed E-state index contributed by atoms with van der Waals surface area (Å²) in [6, 6.07) is 25.4. The van der Waals surface area contributed by atoms with Crippen LogP contribution >= 0.6 is 0 Å². The van der Waals surface area contributed by atoms with Gasteiger partial charge in [0.25, 0.3) is 0 Å². The summed E-state index contributed by atoms with van der Waals surface area (Å²) < 4.78 is 0. The van der Waals surface area contributed by atoms with Gasteiger partial charge in [-0.25, -0.2) is 0 Å². The summed E-state index contributed by atoms with van der Waals surface area (Å²) in [6.45, 7) is 6.29. The van der Waals surface area contributed by atoms with Crippen LogP contribution in [0.3, 0.4) is 0 Å². The molecule has 124 valence electrons. The zero-order chi connectivity index (χ0) is 15.9. The minimum absolute atomic E-state index is 0. The first-order chi connectivity index (χ1) is 10.8. The first-order valence-electron chi connectivity index (χ1n) is 7.33. The molecule has 24 heavy (non-hydrogen) atoms. The van der Waals surface area contributed by atoms with E-state index in [9.17, 15) is 0 Å². The van der Waals surface area contributed by atoms with Crippen molar-refractivity contribution in [2.75, 3.05) is 0 Å².